The van der Waals surface area contributed by atoms with E-state index in [1.54, 1.807) is 0 Å². The van der Waals surface area contributed by atoms with Crippen LogP contribution < -0.4 is 18.9 Å². The fraction of sp³-hybridized carbons (Fsp3) is 0.250. The number of rotatable bonds is 7. The first-order valence-corrected chi connectivity index (χ1v) is 8.16. The van der Waals surface area contributed by atoms with Crippen LogP contribution in [0, 0.1) is 0 Å². The number of aromatic hydroxyl groups is 1. The predicted octanol–water partition coefficient (Wildman–Crippen LogP) is 4.34. The lowest BCUT2D eigenvalue weighted by Gasteiger charge is -2.13. The Balaban J connectivity index is 2.43. The molecule has 0 aliphatic carbocycles. The van der Waals surface area contributed by atoms with E-state index in [0.29, 0.717) is 5.75 Å². The molecule has 0 saturated heterocycles. The van der Waals surface area contributed by atoms with Crippen molar-refractivity contribution in [3.05, 3.63) is 47.0 Å². The molecule has 2 rings (SSSR count). The van der Waals surface area contributed by atoms with Gasteiger partial charge in [-0.1, -0.05) is 6.08 Å². The summed E-state index contributed by atoms with van der Waals surface area (Å²) in [6.45, 7) is 0. The zero-order valence-corrected chi connectivity index (χ0v) is 16.1. The molecule has 2 aromatic rings. The molecule has 0 heterocycles. The van der Waals surface area contributed by atoms with E-state index in [1.165, 1.54) is 45.6 Å². The van der Waals surface area contributed by atoms with Gasteiger partial charge in [0.05, 0.1) is 28.4 Å². The monoisotopic (exact) mass is 412 g/mol. The van der Waals surface area contributed by atoms with Gasteiger partial charge in [0.15, 0.2) is 28.8 Å². The number of benzene rings is 2. The second-order valence-corrected chi connectivity index (χ2v) is 5.73. The van der Waals surface area contributed by atoms with Crippen molar-refractivity contribution in [2.24, 2.45) is 0 Å². The second-order valence-electron chi connectivity index (χ2n) is 5.73. The van der Waals surface area contributed by atoms with E-state index in [4.69, 9.17) is 18.9 Å². The quantitative estimate of drug-likeness (QED) is 0.539. The Labute approximate surface area is 165 Å². The maximum absolute atomic E-state index is 13.1. The molecule has 9 heteroatoms. The number of phenols is 1. The van der Waals surface area contributed by atoms with Crippen LogP contribution in [-0.2, 0) is 6.18 Å². The van der Waals surface area contributed by atoms with Gasteiger partial charge >= 0.3 is 6.18 Å². The first-order valence-electron chi connectivity index (χ1n) is 8.16. The highest BCUT2D eigenvalue weighted by Gasteiger charge is 2.35. The third kappa shape index (κ3) is 4.74. The normalized spacial score (nSPS) is 11.4. The van der Waals surface area contributed by atoms with Crippen molar-refractivity contribution >= 4 is 11.9 Å². The Morgan fingerprint density at radius 1 is 0.897 bits per heavy atom. The highest BCUT2D eigenvalue weighted by molar-refractivity contribution is 6.07. The van der Waals surface area contributed by atoms with Gasteiger partial charge in [-0.3, -0.25) is 4.79 Å². The van der Waals surface area contributed by atoms with Gasteiger partial charge < -0.3 is 24.1 Å². The lowest BCUT2D eigenvalue weighted by molar-refractivity contribution is -0.138. The van der Waals surface area contributed by atoms with Gasteiger partial charge in [0.1, 0.15) is 5.56 Å². The summed E-state index contributed by atoms with van der Waals surface area (Å²) in [6.07, 6.45) is -2.52. The third-order valence-electron chi connectivity index (χ3n) is 4.00. The Morgan fingerprint density at radius 3 is 1.90 bits per heavy atom. The number of hydrogen-bond acceptors (Lipinski definition) is 6. The van der Waals surface area contributed by atoms with Crippen LogP contribution in [0.15, 0.2) is 30.3 Å². The van der Waals surface area contributed by atoms with E-state index in [1.807, 2.05) is 0 Å². The number of halogens is 3. The van der Waals surface area contributed by atoms with Gasteiger partial charge in [0.25, 0.3) is 0 Å². The number of methoxy groups -OCH3 is 4. The molecule has 0 spiro atoms. The van der Waals surface area contributed by atoms with Gasteiger partial charge in [-0.05, 0) is 35.9 Å². The van der Waals surface area contributed by atoms with Crippen molar-refractivity contribution in [3.8, 4) is 28.7 Å². The first kappa shape index (κ1) is 21.9. The van der Waals surface area contributed by atoms with E-state index >= 15 is 0 Å². The zero-order valence-electron chi connectivity index (χ0n) is 16.1. The molecule has 0 amide bonds. The van der Waals surface area contributed by atoms with E-state index in [-0.39, 0.29) is 28.4 Å². The van der Waals surface area contributed by atoms with Crippen molar-refractivity contribution in [1.29, 1.82) is 0 Å². The number of carbonyl (C=O) groups is 1. The summed E-state index contributed by atoms with van der Waals surface area (Å²) in [6, 6.07) is 4.75. The largest absolute Gasteiger partial charge is 0.504 e. The standard InChI is InChI=1S/C20H19F3O6/c1-26-15-8-11(7-13(18(15)25)20(21,22)23)5-6-14(24)12-9-16(27-2)19(29-4)17(10-12)28-3/h5-10,25H,1-4H3/b6-5+. The summed E-state index contributed by atoms with van der Waals surface area (Å²) in [7, 11) is 5.33. The fourth-order valence-electron chi connectivity index (χ4n) is 2.59. The lowest BCUT2D eigenvalue weighted by atomic mass is 10.0. The van der Waals surface area contributed by atoms with Gasteiger partial charge in [-0.15, -0.1) is 0 Å². The van der Waals surface area contributed by atoms with Gasteiger partial charge in [-0.25, -0.2) is 0 Å². The average Bonchev–Trinajstić information content (AvgIpc) is 2.70. The summed E-state index contributed by atoms with van der Waals surface area (Å²) in [4.78, 5) is 12.5. The number of allylic oxidation sites excluding steroid dienone is 1. The molecule has 6 nitrogen and oxygen atoms in total. The number of ketones is 1. The topological polar surface area (TPSA) is 74.2 Å². The molecule has 0 atom stereocenters. The van der Waals surface area contributed by atoms with Crippen LogP contribution in [0.4, 0.5) is 13.2 Å². The Hall–Kier alpha value is -3.36. The Kier molecular flexibility index (Phi) is 6.63. The van der Waals surface area contributed by atoms with E-state index in [9.17, 15) is 23.1 Å². The van der Waals surface area contributed by atoms with Crippen LogP contribution in [-0.4, -0.2) is 39.3 Å². The molecule has 156 valence electrons. The van der Waals surface area contributed by atoms with Crippen LogP contribution in [0.3, 0.4) is 0 Å². The van der Waals surface area contributed by atoms with Crippen molar-refractivity contribution < 1.29 is 42.0 Å². The first-order chi connectivity index (χ1) is 13.7. The van der Waals surface area contributed by atoms with Crippen LogP contribution in [0.5, 0.6) is 28.7 Å². The minimum absolute atomic E-state index is 0.0211. The van der Waals surface area contributed by atoms with Crippen LogP contribution in [0.1, 0.15) is 21.5 Å². The van der Waals surface area contributed by atoms with Crippen molar-refractivity contribution in [3.63, 3.8) is 0 Å². The SMILES string of the molecule is COc1cc(/C=C/C(=O)c2cc(OC)c(OC)c(OC)c2)cc(C(F)(F)F)c1O. The molecule has 0 unspecified atom stereocenters. The van der Waals surface area contributed by atoms with Crippen LogP contribution >= 0.6 is 0 Å². The number of ether oxygens (including phenoxy) is 4. The van der Waals surface area contributed by atoms with Gasteiger partial charge in [-0.2, -0.15) is 13.2 Å². The second kappa shape index (κ2) is 8.76. The minimum Gasteiger partial charge on any atom is -0.504 e. The molecule has 0 saturated carbocycles. The number of alkyl halides is 3. The Bertz CT molecular complexity index is 910. The van der Waals surface area contributed by atoms with Crippen LogP contribution in [0.25, 0.3) is 6.08 Å². The summed E-state index contributed by atoms with van der Waals surface area (Å²) in [5.41, 5.74) is -1.07. The van der Waals surface area contributed by atoms with Crippen molar-refractivity contribution in [1.82, 2.24) is 0 Å². The summed E-state index contributed by atoms with van der Waals surface area (Å²) >= 11 is 0. The zero-order chi connectivity index (χ0) is 21.8. The van der Waals surface area contributed by atoms with E-state index in [2.05, 4.69) is 0 Å². The highest BCUT2D eigenvalue weighted by atomic mass is 19.4. The molecule has 0 aliphatic heterocycles. The molecule has 2 aromatic carbocycles. The highest BCUT2D eigenvalue weighted by Crippen LogP contribution is 2.42. The molecule has 1 N–H and O–H groups in total. The smallest absolute Gasteiger partial charge is 0.420 e. The maximum Gasteiger partial charge on any atom is 0.420 e. The van der Waals surface area contributed by atoms with Gasteiger partial charge in [0.2, 0.25) is 5.75 Å². The predicted molar refractivity (Wildman–Crippen MR) is 99.1 cm³/mol. The van der Waals surface area contributed by atoms with Crippen LogP contribution in [0.2, 0.25) is 0 Å². The van der Waals surface area contributed by atoms with Crippen molar-refractivity contribution in [2.45, 2.75) is 6.18 Å². The molecule has 0 radical (unpaired) electrons. The average molecular weight is 412 g/mol. The van der Waals surface area contributed by atoms with E-state index in [0.717, 1.165) is 19.3 Å². The molecule has 29 heavy (non-hydrogen) atoms. The number of carbonyl (C=O) groups excluding carboxylic acids is 1. The molecular weight excluding hydrogens is 393 g/mol. The maximum atomic E-state index is 13.1. The summed E-state index contributed by atoms with van der Waals surface area (Å²) < 4.78 is 59.6. The molecule has 0 fully saturated rings. The fourth-order valence-corrected chi connectivity index (χ4v) is 2.59. The Morgan fingerprint density at radius 2 is 1.45 bits per heavy atom. The molecule has 0 bridgehead atoms. The molecular formula is C20H19F3O6. The van der Waals surface area contributed by atoms with Crippen molar-refractivity contribution in [2.75, 3.05) is 28.4 Å². The third-order valence-corrected chi connectivity index (χ3v) is 4.00. The van der Waals surface area contributed by atoms with Gasteiger partial charge in [0, 0.05) is 5.56 Å². The molecule has 0 aliphatic rings. The minimum atomic E-state index is -4.79. The number of phenolic OH excluding ortho intramolecular Hbond substituents is 1. The summed E-state index contributed by atoms with van der Waals surface area (Å²) in [5, 5.41) is 9.69. The number of hydrogen-bond donors (Lipinski definition) is 1. The summed E-state index contributed by atoms with van der Waals surface area (Å²) in [5.74, 6) is -1.07. The lowest BCUT2D eigenvalue weighted by Crippen LogP contribution is -2.06. The van der Waals surface area contributed by atoms with E-state index < -0.39 is 23.3 Å². The molecule has 0 aromatic heterocycles.